The third kappa shape index (κ3) is 3.65. The molecule has 2 aliphatic heterocycles. The highest BCUT2D eigenvalue weighted by atomic mass is 32.2. The molecule has 1 aromatic rings. The summed E-state index contributed by atoms with van der Waals surface area (Å²) >= 11 is 0. The first-order valence-corrected chi connectivity index (χ1v) is 9.81. The molecule has 0 bridgehead atoms. The molecule has 2 N–H and O–H groups in total. The van der Waals surface area contributed by atoms with Gasteiger partial charge in [-0.15, -0.1) is 0 Å². The van der Waals surface area contributed by atoms with Crippen molar-refractivity contribution in [3.8, 4) is 0 Å². The fourth-order valence-corrected chi connectivity index (χ4v) is 5.15. The third-order valence-electron chi connectivity index (χ3n) is 4.72. The van der Waals surface area contributed by atoms with Gasteiger partial charge in [0.05, 0.1) is 19.0 Å². The van der Waals surface area contributed by atoms with Gasteiger partial charge in [0.1, 0.15) is 10.9 Å². The molecule has 2 fully saturated rings. The number of primary amides is 1. The van der Waals surface area contributed by atoms with E-state index in [-0.39, 0.29) is 36.6 Å². The van der Waals surface area contributed by atoms with Crippen molar-refractivity contribution in [2.45, 2.75) is 36.2 Å². The number of hydrogen-bond donors (Lipinski definition) is 1. The molecule has 2 saturated heterocycles. The van der Waals surface area contributed by atoms with Gasteiger partial charge >= 0.3 is 0 Å². The fraction of sp³-hybridized carbons (Fsp3) is 0.438. The van der Waals surface area contributed by atoms with Crippen LogP contribution in [-0.4, -0.2) is 60.4 Å². The second-order valence-corrected chi connectivity index (χ2v) is 8.35. The lowest BCUT2D eigenvalue weighted by atomic mass is 10.1. The minimum Gasteiger partial charge on any atom is -0.619 e. The monoisotopic (exact) mass is 395 g/mol. The number of ketones is 1. The summed E-state index contributed by atoms with van der Waals surface area (Å²) in [6.45, 7) is -0.119. The highest BCUT2D eigenvalue weighted by molar-refractivity contribution is 7.89. The first-order chi connectivity index (χ1) is 12.7. The molecule has 2 aliphatic rings. The maximum Gasteiger partial charge on any atom is 0.249 e. The van der Waals surface area contributed by atoms with Crippen molar-refractivity contribution in [3.63, 3.8) is 0 Å². The average Bonchev–Trinajstić information content (AvgIpc) is 3.16. The number of rotatable bonds is 6. The molecule has 27 heavy (non-hydrogen) atoms. The zero-order valence-corrected chi connectivity index (χ0v) is 15.2. The van der Waals surface area contributed by atoms with Crippen LogP contribution in [0.25, 0.3) is 0 Å². The Balaban J connectivity index is 1.77. The lowest BCUT2D eigenvalue weighted by Crippen LogP contribution is -2.43. The lowest BCUT2D eigenvalue weighted by Gasteiger charge is -2.23. The van der Waals surface area contributed by atoms with Crippen LogP contribution in [0.4, 0.5) is 0 Å². The summed E-state index contributed by atoms with van der Waals surface area (Å²) in [4.78, 5) is 36.7. The van der Waals surface area contributed by atoms with Crippen LogP contribution in [0.1, 0.15) is 19.3 Å². The van der Waals surface area contributed by atoms with Gasteiger partial charge in [0, 0.05) is 19.0 Å². The molecule has 1 radical (unpaired) electrons. The number of carbonyl (C=O) groups is 3. The Morgan fingerprint density at radius 3 is 2.81 bits per heavy atom. The minimum atomic E-state index is -4.04. The van der Waals surface area contributed by atoms with Crippen LogP contribution in [-0.2, 0) is 24.4 Å². The van der Waals surface area contributed by atoms with Crippen LogP contribution >= 0.6 is 0 Å². The van der Waals surface area contributed by atoms with Crippen molar-refractivity contribution in [1.29, 1.82) is 0 Å². The molecule has 2 atom stereocenters. The van der Waals surface area contributed by atoms with Crippen LogP contribution < -0.4 is 10.5 Å². The van der Waals surface area contributed by atoms with E-state index in [1.807, 2.05) is 0 Å². The second-order valence-electron chi connectivity index (χ2n) is 6.46. The predicted octanol–water partition coefficient (Wildman–Crippen LogP) is -1.67. The molecule has 2 unspecified atom stereocenters. The summed E-state index contributed by atoms with van der Waals surface area (Å²) in [7, 11) is -4.04. The van der Waals surface area contributed by atoms with Crippen molar-refractivity contribution in [2.24, 2.45) is 5.73 Å². The number of nitrogens with two attached hydrogens (primary N) is 1. The number of nitrogens with zero attached hydrogens (tertiary/aromatic N) is 3. The number of amides is 2. The Morgan fingerprint density at radius 2 is 2.15 bits per heavy atom. The number of likely N-dealkylation sites (tertiary alicyclic amines) is 1. The summed E-state index contributed by atoms with van der Waals surface area (Å²) in [5.41, 5.74) is 5.04. The van der Waals surface area contributed by atoms with Gasteiger partial charge in [-0.3, -0.25) is 14.4 Å². The van der Waals surface area contributed by atoms with Crippen molar-refractivity contribution in [2.75, 3.05) is 13.1 Å². The predicted molar refractivity (Wildman–Crippen MR) is 90.9 cm³/mol. The van der Waals surface area contributed by atoms with E-state index in [4.69, 9.17) is 5.73 Å². The van der Waals surface area contributed by atoms with Gasteiger partial charge in [0.15, 0.2) is 18.2 Å². The largest absolute Gasteiger partial charge is 0.619 e. The molecule has 2 amide bonds. The number of fused-ring (bicyclic) bond motifs is 1. The molecule has 0 spiro atoms. The Kier molecular flexibility index (Phi) is 5.16. The highest BCUT2D eigenvalue weighted by Crippen LogP contribution is 2.34. The first kappa shape index (κ1) is 19.2. The summed E-state index contributed by atoms with van der Waals surface area (Å²) in [5.74, 6) is -1.33. The number of aromatic nitrogens is 1. The van der Waals surface area contributed by atoms with E-state index in [0.29, 0.717) is 11.2 Å². The van der Waals surface area contributed by atoms with Crippen LogP contribution in [0.5, 0.6) is 0 Å². The van der Waals surface area contributed by atoms with E-state index in [9.17, 15) is 28.0 Å². The third-order valence-corrected chi connectivity index (χ3v) is 6.58. The smallest absolute Gasteiger partial charge is 0.249 e. The van der Waals surface area contributed by atoms with Gasteiger partial charge in [-0.2, -0.15) is 9.04 Å². The molecular formula is C16H19N4O6S. The molecule has 0 aliphatic carbocycles. The van der Waals surface area contributed by atoms with Gasteiger partial charge in [-0.05, 0) is 18.9 Å². The molecule has 0 saturated carbocycles. The van der Waals surface area contributed by atoms with Gasteiger partial charge in [-0.25, -0.2) is 8.42 Å². The SMILES string of the molecule is NC(=O)CC[CH]C(=O)N1CCC2C1C(=O)CN2S(=O)(=O)c1ccc[n+]([O-])c1. The van der Waals surface area contributed by atoms with Crippen molar-refractivity contribution in [1.82, 2.24) is 9.21 Å². The number of pyridine rings is 1. The Bertz CT molecular complexity index is 887. The van der Waals surface area contributed by atoms with E-state index in [1.165, 1.54) is 23.5 Å². The van der Waals surface area contributed by atoms with Crippen LogP contribution in [0.15, 0.2) is 29.4 Å². The van der Waals surface area contributed by atoms with E-state index >= 15 is 0 Å². The van der Waals surface area contributed by atoms with E-state index in [1.54, 1.807) is 0 Å². The molecule has 3 heterocycles. The average molecular weight is 395 g/mol. The van der Waals surface area contributed by atoms with Gasteiger partial charge in [0.2, 0.25) is 21.8 Å². The molecule has 145 valence electrons. The quantitative estimate of drug-likeness (QED) is 0.450. The molecule has 10 nitrogen and oxygen atoms in total. The summed E-state index contributed by atoms with van der Waals surface area (Å²) < 4.78 is 27.2. The van der Waals surface area contributed by atoms with Crippen molar-refractivity contribution < 1.29 is 27.5 Å². The summed E-state index contributed by atoms with van der Waals surface area (Å²) in [5, 5.41) is 11.4. The van der Waals surface area contributed by atoms with E-state index in [0.717, 1.165) is 16.7 Å². The molecular weight excluding hydrogens is 376 g/mol. The molecule has 3 rings (SSSR count). The number of carbonyl (C=O) groups excluding carboxylic acids is 3. The Labute approximate surface area is 156 Å². The number of hydrogen-bond acceptors (Lipinski definition) is 6. The zero-order chi connectivity index (χ0) is 19.8. The van der Waals surface area contributed by atoms with Crippen LogP contribution in [0, 0.1) is 11.6 Å². The fourth-order valence-electron chi connectivity index (χ4n) is 3.52. The topological polar surface area (TPSA) is 145 Å². The molecule has 11 heteroatoms. The van der Waals surface area contributed by atoms with E-state index in [2.05, 4.69) is 0 Å². The highest BCUT2D eigenvalue weighted by Gasteiger charge is 2.53. The summed E-state index contributed by atoms with van der Waals surface area (Å²) in [6, 6.07) is 1.07. The van der Waals surface area contributed by atoms with Gasteiger partial charge in [0.25, 0.3) is 0 Å². The first-order valence-electron chi connectivity index (χ1n) is 8.37. The maximum absolute atomic E-state index is 12.9. The lowest BCUT2D eigenvalue weighted by molar-refractivity contribution is -0.607. The van der Waals surface area contributed by atoms with Crippen LogP contribution in [0.2, 0.25) is 0 Å². The van der Waals surface area contributed by atoms with Crippen LogP contribution in [0.3, 0.4) is 0 Å². The second kappa shape index (κ2) is 7.24. The van der Waals surface area contributed by atoms with Crippen molar-refractivity contribution >= 4 is 27.6 Å². The van der Waals surface area contributed by atoms with Gasteiger partial charge < -0.3 is 15.8 Å². The molecule has 0 aromatic carbocycles. The number of Topliss-reactive ketones (excluding diaryl/α,β-unsaturated/α-hetero) is 1. The van der Waals surface area contributed by atoms with E-state index < -0.39 is 33.9 Å². The maximum atomic E-state index is 12.9. The number of sulfonamides is 1. The molecule has 1 aromatic heterocycles. The zero-order valence-electron chi connectivity index (χ0n) is 14.4. The van der Waals surface area contributed by atoms with Gasteiger partial charge in [-0.1, -0.05) is 0 Å². The Morgan fingerprint density at radius 1 is 1.41 bits per heavy atom. The summed E-state index contributed by atoms with van der Waals surface area (Å²) in [6.07, 6.45) is 3.87. The normalized spacial score (nSPS) is 22.8. The Hall–Kier alpha value is -2.53. The van der Waals surface area contributed by atoms with Crippen molar-refractivity contribution in [3.05, 3.63) is 36.2 Å². The minimum absolute atomic E-state index is 0.0192. The standard InChI is InChI=1S/C16H19N4O6S/c17-14(22)4-1-5-15(23)19-8-6-12-16(19)13(21)10-20(12)27(25,26)11-3-2-7-18(24)9-11/h2-3,5,7,9,12,16H,1,4,6,8,10H2,(H2,17,22).